The Hall–Kier alpha value is -5.23. The second-order valence-electron chi connectivity index (χ2n) is 11.6. The number of pyridine rings is 1. The molecule has 1 aliphatic carbocycles. The number of nitrogens with one attached hydrogen (secondary N) is 3. The van der Waals surface area contributed by atoms with E-state index in [0.717, 1.165) is 0 Å². The largest absolute Gasteiger partial charge is 0.493 e. The highest BCUT2D eigenvalue weighted by Gasteiger charge is 2.56. The van der Waals surface area contributed by atoms with Crippen LogP contribution in [0.1, 0.15) is 26.7 Å². The van der Waals surface area contributed by atoms with Crippen LogP contribution < -0.4 is 30.2 Å². The SMILES string of the molecule is COc1cc2c(Oc3ccc(NC(=O)C4(C(=O)Nc5ccc(F)cc5)CC4)cc3)ccnc2cc1OC(=O)N1[C@H](C)CNC[C@@H]1C. The second kappa shape index (κ2) is 12.6. The smallest absolute Gasteiger partial charge is 0.415 e. The van der Waals surface area contributed by atoms with Crippen molar-refractivity contribution in [1.29, 1.82) is 0 Å². The van der Waals surface area contributed by atoms with E-state index in [9.17, 15) is 18.8 Å². The predicted molar refractivity (Wildman–Crippen MR) is 170 cm³/mol. The monoisotopic (exact) mass is 627 g/mol. The standard InChI is InChI=1S/C34H34FN5O6/c1-20-18-36-19-21(2)40(20)33(43)46-30-17-27-26(16-29(30)44-3)28(12-15-37-27)45-25-10-8-24(9-11-25)39-32(42)34(13-14-34)31(41)38-23-6-4-22(35)5-7-23/h4-12,15-17,20-21,36H,13-14,18-19H2,1-3H3,(H,38,41)(H,39,42)/t20-,21+. The highest BCUT2D eigenvalue weighted by molar-refractivity contribution is 6.16. The molecule has 0 radical (unpaired) electrons. The average Bonchev–Trinajstić information content (AvgIpc) is 3.85. The van der Waals surface area contributed by atoms with Crippen molar-refractivity contribution in [3.63, 3.8) is 0 Å². The van der Waals surface area contributed by atoms with Gasteiger partial charge in [-0.05, 0) is 87.4 Å². The number of carbonyl (C=O) groups is 3. The van der Waals surface area contributed by atoms with E-state index < -0.39 is 29.1 Å². The quantitative estimate of drug-likeness (QED) is 0.212. The van der Waals surface area contributed by atoms with Crippen LogP contribution in [0.15, 0.2) is 72.9 Å². The highest BCUT2D eigenvalue weighted by atomic mass is 19.1. The summed E-state index contributed by atoms with van der Waals surface area (Å²) in [6.45, 7) is 5.29. The topological polar surface area (TPSA) is 131 Å². The molecule has 0 spiro atoms. The zero-order valence-electron chi connectivity index (χ0n) is 25.6. The van der Waals surface area contributed by atoms with Gasteiger partial charge in [-0.15, -0.1) is 0 Å². The van der Waals surface area contributed by atoms with Gasteiger partial charge < -0.3 is 30.2 Å². The van der Waals surface area contributed by atoms with Gasteiger partial charge in [-0.2, -0.15) is 0 Å². The lowest BCUT2D eigenvalue weighted by molar-refractivity contribution is -0.131. The first-order valence-corrected chi connectivity index (χ1v) is 15.0. The first-order valence-electron chi connectivity index (χ1n) is 15.0. The molecular formula is C34H34FN5O6. The fourth-order valence-corrected chi connectivity index (χ4v) is 5.55. The molecule has 1 aliphatic heterocycles. The fraction of sp³-hybridized carbons (Fsp3) is 0.294. The molecule has 46 heavy (non-hydrogen) atoms. The van der Waals surface area contributed by atoms with Crippen molar-refractivity contribution in [2.45, 2.75) is 38.8 Å². The van der Waals surface area contributed by atoms with Gasteiger partial charge in [0.15, 0.2) is 11.5 Å². The third-order valence-electron chi connectivity index (χ3n) is 8.29. The average molecular weight is 628 g/mol. The highest BCUT2D eigenvalue weighted by Crippen LogP contribution is 2.47. The molecule has 2 aliphatic rings. The van der Waals surface area contributed by atoms with Gasteiger partial charge in [-0.25, -0.2) is 9.18 Å². The van der Waals surface area contributed by atoms with Crippen LogP contribution in [0, 0.1) is 11.2 Å². The van der Waals surface area contributed by atoms with Crippen LogP contribution in [-0.4, -0.2) is 60.1 Å². The normalized spacial score (nSPS) is 18.4. The number of fused-ring (bicyclic) bond motifs is 1. The summed E-state index contributed by atoms with van der Waals surface area (Å²) >= 11 is 0. The molecule has 3 amide bonds. The van der Waals surface area contributed by atoms with Crippen molar-refractivity contribution in [3.05, 3.63) is 78.7 Å². The number of rotatable bonds is 8. The Morgan fingerprint density at radius 1 is 0.870 bits per heavy atom. The third-order valence-corrected chi connectivity index (χ3v) is 8.29. The van der Waals surface area contributed by atoms with Crippen molar-refractivity contribution in [2.75, 3.05) is 30.8 Å². The Balaban J connectivity index is 1.13. The lowest BCUT2D eigenvalue weighted by atomic mass is 10.0. The molecule has 0 unspecified atom stereocenters. The zero-order chi connectivity index (χ0) is 32.4. The Morgan fingerprint density at radius 2 is 1.48 bits per heavy atom. The van der Waals surface area contributed by atoms with E-state index >= 15 is 0 Å². The number of halogens is 1. The number of nitrogens with zero attached hydrogens (tertiary/aromatic N) is 2. The minimum absolute atomic E-state index is 0.0253. The second-order valence-corrected chi connectivity index (χ2v) is 11.6. The summed E-state index contributed by atoms with van der Waals surface area (Å²) in [7, 11) is 1.50. The van der Waals surface area contributed by atoms with Crippen LogP contribution >= 0.6 is 0 Å². The maximum atomic E-state index is 13.2. The number of amides is 3. The number of methoxy groups -OCH3 is 1. The van der Waals surface area contributed by atoms with Gasteiger partial charge in [0, 0.05) is 54.2 Å². The zero-order valence-corrected chi connectivity index (χ0v) is 25.6. The molecular weight excluding hydrogens is 593 g/mol. The Kier molecular flexibility index (Phi) is 8.46. The van der Waals surface area contributed by atoms with Gasteiger partial charge in [0.1, 0.15) is 22.7 Å². The Labute approximate surface area is 265 Å². The van der Waals surface area contributed by atoms with Crippen molar-refractivity contribution in [3.8, 4) is 23.0 Å². The Morgan fingerprint density at radius 3 is 2.07 bits per heavy atom. The molecule has 3 aromatic carbocycles. The number of aromatic nitrogens is 1. The number of piperazine rings is 1. The van der Waals surface area contributed by atoms with E-state index in [1.807, 2.05) is 13.8 Å². The number of ether oxygens (including phenoxy) is 3. The number of carbonyl (C=O) groups excluding carboxylic acids is 3. The van der Waals surface area contributed by atoms with Crippen LogP contribution in [-0.2, 0) is 9.59 Å². The van der Waals surface area contributed by atoms with Crippen LogP contribution in [0.4, 0.5) is 20.6 Å². The third kappa shape index (κ3) is 6.29. The predicted octanol–water partition coefficient (Wildman–Crippen LogP) is 5.71. The van der Waals surface area contributed by atoms with Crippen molar-refractivity contribution in [1.82, 2.24) is 15.2 Å². The lowest BCUT2D eigenvalue weighted by Crippen LogP contribution is -2.57. The van der Waals surface area contributed by atoms with Gasteiger partial charge in [-0.3, -0.25) is 19.5 Å². The maximum absolute atomic E-state index is 13.2. The van der Waals surface area contributed by atoms with E-state index in [1.165, 1.54) is 31.4 Å². The number of hydrogen-bond acceptors (Lipinski definition) is 8. The summed E-state index contributed by atoms with van der Waals surface area (Å²) in [6.07, 6.45) is 1.97. The molecule has 1 saturated carbocycles. The molecule has 2 atom stereocenters. The van der Waals surface area contributed by atoms with Gasteiger partial charge in [0.05, 0.1) is 12.6 Å². The molecule has 12 heteroatoms. The molecule has 4 aromatic rings. The van der Waals surface area contributed by atoms with Gasteiger partial charge in [0.25, 0.3) is 0 Å². The van der Waals surface area contributed by atoms with Gasteiger partial charge in [-0.1, -0.05) is 0 Å². The summed E-state index contributed by atoms with van der Waals surface area (Å²) in [5, 5.41) is 9.46. The summed E-state index contributed by atoms with van der Waals surface area (Å²) < 4.78 is 30.7. The first-order chi connectivity index (χ1) is 22.2. The molecule has 1 saturated heterocycles. The van der Waals surface area contributed by atoms with E-state index in [4.69, 9.17) is 14.2 Å². The van der Waals surface area contributed by atoms with E-state index in [0.29, 0.717) is 65.5 Å². The first kappa shape index (κ1) is 30.8. The molecule has 6 rings (SSSR count). The maximum Gasteiger partial charge on any atom is 0.415 e. The van der Waals surface area contributed by atoms with Crippen LogP contribution in [0.2, 0.25) is 0 Å². The van der Waals surface area contributed by atoms with Crippen LogP contribution in [0.25, 0.3) is 10.9 Å². The fourth-order valence-electron chi connectivity index (χ4n) is 5.55. The van der Waals surface area contributed by atoms with Crippen LogP contribution in [0.5, 0.6) is 23.0 Å². The minimum Gasteiger partial charge on any atom is -0.493 e. The molecule has 11 nitrogen and oxygen atoms in total. The number of anilines is 2. The Bertz CT molecular complexity index is 1770. The van der Waals surface area contributed by atoms with E-state index in [2.05, 4.69) is 20.9 Å². The number of hydrogen-bond donors (Lipinski definition) is 3. The molecule has 238 valence electrons. The van der Waals surface area contributed by atoms with Crippen molar-refractivity contribution < 1.29 is 33.0 Å². The summed E-state index contributed by atoms with van der Waals surface area (Å²) in [6, 6.07) is 17.2. The lowest BCUT2D eigenvalue weighted by Gasteiger charge is -2.38. The summed E-state index contributed by atoms with van der Waals surface area (Å²) in [4.78, 5) is 45.2. The van der Waals surface area contributed by atoms with Gasteiger partial charge >= 0.3 is 6.09 Å². The molecule has 0 bridgehead atoms. The summed E-state index contributed by atoms with van der Waals surface area (Å²) in [5.41, 5.74) is 0.289. The molecule has 2 heterocycles. The molecule has 3 N–H and O–H groups in total. The van der Waals surface area contributed by atoms with Crippen molar-refractivity contribution in [2.24, 2.45) is 5.41 Å². The van der Waals surface area contributed by atoms with E-state index in [1.54, 1.807) is 53.6 Å². The molecule has 1 aromatic heterocycles. The van der Waals surface area contributed by atoms with Gasteiger partial charge in [0.2, 0.25) is 11.8 Å². The van der Waals surface area contributed by atoms with Crippen LogP contribution in [0.3, 0.4) is 0 Å². The van der Waals surface area contributed by atoms with Crippen molar-refractivity contribution >= 4 is 40.2 Å². The minimum atomic E-state index is -1.17. The van der Waals surface area contributed by atoms with E-state index in [-0.39, 0.29) is 17.8 Å². The summed E-state index contributed by atoms with van der Waals surface area (Å²) in [5.74, 6) is 0.345. The molecule has 2 fully saturated rings. The number of benzene rings is 3.